The van der Waals surface area contributed by atoms with Crippen LogP contribution >= 0.6 is 23.2 Å². The highest BCUT2D eigenvalue weighted by Crippen LogP contribution is 2.25. The monoisotopic (exact) mass is 337 g/mol. The molecule has 1 saturated carbocycles. The molecule has 0 bridgehead atoms. The number of amides is 1. The maximum Gasteiger partial charge on any atom is 0.263 e. The largest absolute Gasteiger partial charge is 0.360 e. The Labute approximate surface area is 140 Å². The van der Waals surface area contributed by atoms with E-state index < -0.39 is 0 Å². The third-order valence-electron chi connectivity index (χ3n) is 3.61. The number of nitrogens with one attached hydrogen (secondary N) is 2. The molecule has 1 fully saturated rings. The summed E-state index contributed by atoms with van der Waals surface area (Å²) in [5.74, 6) is -0.345. The van der Waals surface area contributed by atoms with E-state index >= 15 is 0 Å². The Balaban J connectivity index is 1.98. The van der Waals surface area contributed by atoms with E-state index in [1.54, 1.807) is 18.2 Å². The standard InChI is InChI=1S/C16H17Cl2N3O/c17-14-7-6-13(8-15(14)18)20-10-11(9-19)16(22)21-12-4-2-1-3-5-12/h6-8,10,12,20H,1-5H2,(H,21,22)/b11-10-. The number of benzene rings is 1. The summed E-state index contributed by atoms with van der Waals surface area (Å²) in [5, 5.41) is 15.8. The first-order chi connectivity index (χ1) is 10.6. The lowest BCUT2D eigenvalue weighted by atomic mass is 9.95. The smallest absolute Gasteiger partial charge is 0.263 e. The molecule has 0 spiro atoms. The number of rotatable bonds is 4. The van der Waals surface area contributed by atoms with Crippen molar-refractivity contribution in [2.75, 3.05) is 5.32 Å². The average Bonchev–Trinajstić information content (AvgIpc) is 2.52. The quantitative estimate of drug-likeness (QED) is 0.637. The van der Waals surface area contributed by atoms with Crippen molar-refractivity contribution in [3.8, 4) is 6.07 Å². The van der Waals surface area contributed by atoms with Crippen molar-refractivity contribution in [2.24, 2.45) is 0 Å². The minimum Gasteiger partial charge on any atom is -0.360 e. The normalized spacial score (nSPS) is 16.0. The van der Waals surface area contributed by atoms with Crippen molar-refractivity contribution in [2.45, 2.75) is 38.1 Å². The van der Waals surface area contributed by atoms with E-state index in [2.05, 4.69) is 10.6 Å². The van der Waals surface area contributed by atoms with Crippen LogP contribution in [0.25, 0.3) is 0 Å². The molecule has 22 heavy (non-hydrogen) atoms. The molecule has 6 heteroatoms. The lowest BCUT2D eigenvalue weighted by Gasteiger charge is -2.22. The maximum absolute atomic E-state index is 12.1. The van der Waals surface area contributed by atoms with Gasteiger partial charge in [-0.15, -0.1) is 0 Å². The van der Waals surface area contributed by atoms with Gasteiger partial charge >= 0.3 is 0 Å². The predicted molar refractivity (Wildman–Crippen MR) is 88.8 cm³/mol. The zero-order valence-electron chi connectivity index (χ0n) is 12.0. The van der Waals surface area contributed by atoms with Crippen LogP contribution in [0, 0.1) is 11.3 Å². The molecule has 2 rings (SSSR count). The zero-order valence-corrected chi connectivity index (χ0v) is 13.5. The number of halogens is 2. The van der Waals surface area contributed by atoms with Crippen molar-refractivity contribution in [1.29, 1.82) is 5.26 Å². The fourth-order valence-corrected chi connectivity index (χ4v) is 2.70. The second-order valence-corrected chi connectivity index (χ2v) is 6.07. The highest BCUT2D eigenvalue weighted by atomic mass is 35.5. The topological polar surface area (TPSA) is 64.9 Å². The molecule has 0 aliphatic heterocycles. The van der Waals surface area contributed by atoms with Gasteiger partial charge in [-0.3, -0.25) is 4.79 Å². The van der Waals surface area contributed by atoms with Crippen LogP contribution in [0.5, 0.6) is 0 Å². The van der Waals surface area contributed by atoms with Gasteiger partial charge in [-0.05, 0) is 31.0 Å². The summed E-state index contributed by atoms with van der Waals surface area (Å²) in [6.07, 6.45) is 6.80. The highest BCUT2D eigenvalue weighted by Gasteiger charge is 2.17. The lowest BCUT2D eigenvalue weighted by molar-refractivity contribution is -0.118. The van der Waals surface area contributed by atoms with Crippen molar-refractivity contribution in [3.05, 3.63) is 40.0 Å². The van der Waals surface area contributed by atoms with Gasteiger partial charge in [-0.2, -0.15) is 5.26 Å². The summed E-state index contributed by atoms with van der Waals surface area (Å²) in [6, 6.07) is 7.09. The Morgan fingerprint density at radius 1 is 1.23 bits per heavy atom. The molecule has 0 unspecified atom stereocenters. The van der Waals surface area contributed by atoms with Gasteiger partial charge in [-0.25, -0.2) is 0 Å². The van der Waals surface area contributed by atoms with E-state index in [1.165, 1.54) is 12.6 Å². The molecule has 116 valence electrons. The zero-order chi connectivity index (χ0) is 15.9. The summed E-state index contributed by atoms with van der Waals surface area (Å²) in [5.41, 5.74) is 0.698. The Bertz CT molecular complexity index is 616. The second-order valence-electron chi connectivity index (χ2n) is 5.25. The average molecular weight is 338 g/mol. The van der Waals surface area contributed by atoms with Crippen LogP contribution in [0.4, 0.5) is 5.69 Å². The number of anilines is 1. The molecule has 0 heterocycles. The molecule has 0 saturated heterocycles. The van der Waals surface area contributed by atoms with E-state index in [4.69, 9.17) is 28.5 Å². The fraction of sp³-hybridized carbons (Fsp3) is 0.375. The van der Waals surface area contributed by atoms with E-state index in [0.29, 0.717) is 15.7 Å². The molecular formula is C16H17Cl2N3O. The molecule has 1 aliphatic rings. The molecule has 1 amide bonds. The summed E-state index contributed by atoms with van der Waals surface area (Å²) in [7, 11) is 0. The van der Waals surface area contributed by atoms with Gasteiger partial charge in [-0.1, -0.05) is 42.5 Å². The SMILES string of the molecule is N#C/C(=C/Nc1ccc(Cl)c(Cl)c1)C(=O)NC1CCCCC1. The number of hydrogen-bond donors (Lipinski definition) is 2. The fourth-order valence-electron chi connectivity index (χ4n) is 2.40. The molecule has 1 aromatic carbocycles. The van der Waals surface area contributed by atoms with Gasteiger partial charge < -0.3 is 10.6 Å². The number of carbonyl (C=O) groups is 1. The van der Waals surface area contributed by atoms with E-state index in [-0.39, 0.29) is 17.5 Å². The Morgan fingerprint density at radius 2 is 1.95 bits per heavy atom. The van der Waals surface area contributed by atoms with Crippen LogP contribution in [-0.4, -0.2) is 11.9 Å². The van der Waals surface area contributed by atoms with Crippen LogP contribution in [-0.2, 0) is 4.79 Å². The Kier molecular flexibility index (Phi) is 6.11. The number of nitriles is 1. The van der Waals surface area contributed by atoms with Crippen molar-refractivity contribution in [1.82, 2.24) is 5.32 Å². The molecule has 2 N–H and O–H groups in total. The van der Waals surface area contributed by atoms with Crippen LogP contribution in [0.15, 0.2) is 30.0 Å². The minimum atomic E-state index is -0.345. The highest BCUT2D eigenvalue weighted by molar-refractivity contribution is 6.42. The van der Waals surface area contributed by atoms with Gasteiger partial charge in [0.05, 0.1) is 10.0 Å². The van der Waals surface area contributed by atoms with Crippen molar-refractivity contribution < 1.29 is 4.79 Å². The minimum absolute atomic E-state index is 0.0386. The van der Waals surface area contributed by atoms with Gasteiger partial charge in [0.15, 0.2) is 0 Å². The number of nitrogens with zero attached hydrogens (tertiary/aromatic N) is 1. The molecule has 1 aliphatic carbocycles. The molecule has 1 aromatic rings. The molecule has 0 radical (unpaired) electrons. The molecule has 4 nitrogen and oxygen atoms in total. The van der Waals surface area contributed by atoms with Crippen LogP contribution in [0.2, 0.25) is 10.0 Å². The first-order valence-electron chi connectivity index (χ1n) is 7.23. The van der Waals surface area contributed by atoms with Gasteiger partial charge in [0, 0.05) is 17.9 Å². The third kappa shape index (κ3) is 4.66. The van der Waals surface area contributed by atoms with Crippen LogP contribution in [0.3, 0.4) is 0 Å². The lowest BCUT2D eigenvalue weighted by Crippen LogP contribution is -2.37. The Hall–Kier alpha value is -1.70. The third-order valence-corrected chi connectivity index (χ3v) is 4.35. The van der Waals surface area contributed by atoms with Crippen molar-refractivity contribution in [3.63, 3.8) is 0 Å². The van der Waals surface area contributed by atoms with Crippen LogP contribution < -0.4 is 10.6 Å². The van der Waals surface area contributed by atoms with E-state index in [1.807, 2.05) is 6.07 Å². The molecule has 0 aromatic heterocycles. The summed E-state index contributed by atoms with van der Waals surface area (Å²) < 4.78 is 0. The van der Waals surface area contributed by atoms with Crippen LogP contribution in [0.1, 0.15) is 32.1 Å². The van der Waals surface area contributed by atoms with Crippen molar-refractivity contribution >= 4 is 34.8 Å². The predicted octanol–water partition coefficient (Wildman–Crippen LogP) is 4.26. The van der Waals surface area contributed by atoms with Gasteiger partial charge in [0.1, 0.15) is 11.6 Å². The second kappa shape index (κ2) is 8.07. The number of carbonyl (C=O) groups excluding carboxylic acids is 1. The first-order valence-corrected chi connectivity index (χ1v) is 7.98. The summed E-state index contributed by atoms with van der Waals surface area (Å²) in [6.45, 7) is 0. The summed E-state index contributed by atoms with van der Waals surface area (Å²) in [4.78, 5) is 12.1. The first kappa shape index (κ1) is 16.7. The van der Waals surface area contributed by atoms with Gasteiger partial charge in [0.25, 0.3) is 5.91 Å². The van der Waals surface area contributed by atoms with E-state index in [0.717, 1.165) is 25.7 Å². The number of hydrogen-bond acceptors (Lipinski definition) is 3. The molecular weight excluding hydrogens is 321 g/mol. The van der Waals surface area contributed by atoms with E-state index in [9.17, 15) is 4.79 Å². The Morgan fingerprint density at radius 3 is 2.59 bits per heavy atom. The summed E-state index contributed by atoms with van der Waals surface area (Å²) >= 11 is 11.8. The van der Waals surface area contributed by atoms with Gasteiger partial charge in [0.2, 0.25) is 0 Å². The molecule has 0 atom stereocenters. The maximum atomic E-state index is 12.1.